The van der Waals surface area contributed by atoms with Crippen LogP contribution < -0.4 is 5.32 Å². The third-order valence-electron chi connectivity index (χ3n) is 3.77. The highest BCUT2D eigenvalue weighted by molar-refractivity contribution is 6.02. The van der Waals surface area contributed by atoms with Crippen LogP contribution in [0.5, 0.6) is 0 Å². The Kier molecular flexibility index (Phi) is 4.81. The zero-order chi connectivity index (χ0) is 16.3. The van der Waals surface area contributed by atoms with Gasteiger partial charge in [-0.25, -0.2) is 4.79 Å². The molecule has 22 heavy (non-hydrogen) atoms. The van der Waals surface area contributed by atoms with Crippen LogP contribution in [0, 0.1) is 0 Å². The summed E-state index contributed by atoms with van der Waals surface area (Å²) in [6.45, 7) is 7.30. The summed E-state index contributed by atoms with van der Waals surface area (Å²) in [5.74, 6) is -0.820. The summed E-state index contributed by atoms with van der Waals surface area (Å²) in [7, 11) is 0. The molecule has 2 rings (SSSR count). The van der Waals surface area contributed by atoms with Gasteiger partial charge in [0.05, 0.1) is 12.2 Å². The maximum absolute atomic E-state index is 12.4. The third-order valence-corrected chi connectivity index (χ3v) is 3.77. The summed E-state index contributed by atoms with van der Waals surface area (Å²) >= 11 is 0. The molecule has 1 unspecified atom stereocenters. The van der Waals surface area contributed by atoms with Crippen LogP contribution in [0.1, 0.15) is 39.2 Å². The second-order valence-corrected chi connectivity index (χ2v) is 5.32. The fourth-order valence-corrected chi connectivity index (χ4v) is 2.92. The highest BCUT2D eigenvalue weighted by Gasteiger charge is 2.35. The smallest absolute Gasteiger partial charge is 0.336 e. The first-order chi connectivity index (χ1) is 10.5. The quantitative estimate of drug-likeness (QED) is 0.868. The Bertz CT molecular complexity index is 656. The van der Waals surface area contributed by atoms with Gasteiger partial charge in [-0.15, -0.1) is 0 Å². The molecular formula is C18H21NO3. The molecule has 0 aromatic heterocycles. The molecule has 116 valence electrons. The van der Waals surface area contributed by atoms with Gasteiger partial charge in [-0.3, -0.25) is 4.79 Å². The van der Waals surface area contributed by atoms with Crippen molar-refractivity contribution in [2.75, 3.05) is 6.61 Å². The molecule has 1 aliphatic rings. The molecule has 0 amide bonds. The maximum Gasteiger partial charge on any atom is 0.336 e. The molecule has 1 heterocycles. The molecule has 4 nitrogen and oxygen atoms in total. The molecule has 1 atom stereocenters. The number of dihydropyridines is 1. The van der Waals surface area contributed by atoms with Crippen LogP contribution in [0.2, 0.25) is 0 Å². The van der Waals surface area contributed by atoms with Gasteiger partial charge in [0, 0.05) is 22.9 Å². The number of rotatable bonds is 4. The van der Waals surface area contributed by atoms with Crippen molar-refractivity contribution in [1.29, 1.82) is 0 Å². The number of hydrogen-bond acceptors (Lipinski definition) is 4. The lowest BCUT2D eigenvalue weighted by atomic mass is 9.79. The second kappa shape index (κ2) is 6.60. The first-order valence-corrected chi connectivity index (χ1v) is 7.38. The van der Waals surface area contributed by atoms with Crippen molar-refractivity contribution in [2.45, 2.75) is 33.6 Å². The van der Waals surface area contributed by atoms with Crippen LogP contribution >= 0.6 is 0 Å². The summed E-state index contributed by atoms with van der Waals surface area (Å²) in [6, 6.07) is 9.58. The molecule has 0 aliphatic carbocycles. The van der Waals surface area contributed by atoms with Gasteiger partial charge in [-0.05, 0) is 33.3 Å². The Morgan fingerprint density at radius 2 is 1.68 bits per heavy atom. The largest absolute Gasteiger partial charge is 0.463 e. The molecule has 0 saturated heterocycles. The SMILES string of the molecule is CCOC(=O)C1=C(C)NC(C)=C(C(C)=O)C1c1ccccc1. The lowest BCUT2D eigenvalue weighted by Crippen LogP contribution is -2.31. The summed E-state index contributed by atoms with van der Waals surface area (Å²) in [6.07, 6.45) is 0. The van der Waals surface area contributed by atoms with Crippen LogP contribution in [0.3, 0.4) is 0 Å². The standard InChI is InChI=1S/C18H21NO3/c1-5-22-18(21)16-12(3)19-11(2)15(13(4)20)17(16)14-9-7-6-8-10-14/h6-10,17,19H,5H2,1-4H3. The summed E-state index contributed by atoms with van der Waals surface area (Å²) in [5, 5.41) is 3.14. The van der Waals surface area contributed by atoms with Crippen LogP contribution in [-0.2, 0) is 14.3 Å². The number of esters is 1. The highest BCUT2D eigenvalue weighted by atomic mass is 16.5. The molecule has 0 saturated carbocycles. The van der Waals surface area contributed by atoms with Gasteiger partial charge < -0.3 is 10.1 Å². The molecular weight excluding hydrogens is 278 g/mol. The molecule has 1 N–H and O–H groups in total. The molecule has 0 fully saturated rings. The van der Waals surface area contributed by atoms with Crippen molar-refractivity contribution in [3.05, 3.63) is 58.4 Å². The van der Waals surface area contributed by atoms with Crippen molar-refractivity contribution in [3.8, 4) is 0 Å². The Hall–Kier alpha value is -2.36. The zero-order valence-corrected chi connectivity index (χ0v) is 13.4. The van der Waals surface area contributed by atoms with Gasteiger partial charge in [0.15, 0.2) is 5.78 Å². The van der Waals surface area contributed by atoms with Crippen molar-refractivity contribution in [2.24, 2.45) is 0 Å². The molecule has 0 bridgehead atoms. The van der Waals surface area contributed by atoms with E-state index in [-0.39, 0.29) is 17.7 Å². The van der Waals surface area contributed by atoms with E-state index in [0.29, 0.717) is 17.8 Å². The fourth-order valence-electron chi connectivity index (χ4n) is 2.92. The van der Waals surface area contributed by atoms with E-state index in [1.807, 2.05) is 44.2 Å². The van der Waals surface area contributed by atoms with Crippen LogP contribution in [0.4, 0.5) is 0 Å². The van der Waals surface area contributed by atoms with Crippen LogP contribution in [0.15, 0.2) is 52.9 Å². The van der Waals surface area contributed by atoms with Crippen molar-refractivity contribution in [3.63, 3.8) is 0 Å². The Balaban J connectivity index is 2.62. The van der Waals surface area contributed by atoms with E-state index >= 15 is 0 Å². The minimum absolute atomic E-state index is 0.0480. The predicted molar refractivity (Wildman–Crippen MR) is 85.0 cm³/mol. The summed E-state index contributed by atoms with van der Waals surface area (Å²) in [5.41, 5.74) is 3.54. The van der Waals surface area contributed by atoms with Gasteiger partial charge >= 0.3 is 5.97 Å². The lowest BCUT2D eigenvalue weighted by molar-refractivity contribution is -0.138. The number of ether oxygens (including phenoxy) is 1. The van der Waals surface area contributed by atoms with E-state index in [9.17, 15) is 9.59 Å². The molecule has 0 radical (unpaired) electrons. The van der Waals surface area contributed by atoms with E-state index in [1.54, 1.807) is 6.92 Å². The maximum atomic E-state index is 12.4. The first kappa shape index (κ1) is 16.0. The van der Waals surface area contributed by atoms with Crippen molar-refractivity contribution in [1.82, 2.24) is 5.32 Å². The highest BCUT2D eigenvalue weighted by Crippen LogP contribution is 2.38. The Labute approximate surface area is 130 Å². The van der Waals surface area contributed by atoms with Crippen molar-refractivity contribution < 1.29 is 14.3 Å². The number of ketones is 1. The third kappa shape index (κ3) is 2.96. The molecule has 4 heteroatoms. The van der Waals surface area contributed by atoms with E-state index in [4.69, 9.17) is 4.74 Å². The number of hydrogen-bond donors (Lipinski definition) is 1. The topological polar surface area (TPSA) is 55.4 Å². The van der Waals surface area contributed by atoms with E-state index in [0.717, 1.165) is 17.0 Å². The number of Topliss-reactive ketones (excluding diaryl/α,β-unsaturated/α-hetero) is 1. The normalized spacial score (nSPS) is 18.1. The van der Waals surface area contributed by atoms with E-state index in [2.05, 4.69) is 5.32 Å². The van der Waals surface area contributed by atoms with Crippen molar-refractivity contribution >= 4 is 11.8 Å². The average Bonchev–Trinajstić information content (AvgIpc) is 2.47. The second-order valence-electron chi connectivity index (χ2n) is 5.32. The monoisotopic (exact) mass is 299 g/mol. The number of allylic oxidation sites excluding steroid dienone is 3. The van der Waals surface area contributed by atoms with E-state index in [1.165, 1.54) is 6.92 Å². The molecule has 0 spiro atoms. The Morgan fingerprint density at radius 3 is 2.23 bits per heavy atom. The summed E-state index contributed by atoms with van der Waals surface area (Å²) < 4.78 is 5.20. The predicted octanol–water partition coefficient (Wildman–Crippen LogP) is 3.07. The molecule has 1 aliphatic heterocycles. The minimum atomic E-state index is -0.390. The average molecular weight is 299 g/mol. The zero-order valence-electron chi connectivity index (χ0n) is 13.4. The summed E-state index contributed by atoms with van der Waals surface area (Å²) in [4.78, 5) is 24.6. The van der Waals surface area contributed by atoms with Gasteiger partial charge in [0.25, 0.3) is 0 Å². The fraction of sp³-hybridized carbons (Fsp3) is 0.333. The van der Waals surface area contributed by atoms with Crippen LogP contribution in [-0.4, -0.2) is 18.4 Å². The number of benzene rings is 1. The van der Waals surface area contributed by atoms with E-state index < -0.39 is 0 Å². The van der Waals surface area contributed by atoms with Gasteiger partial charge in [0.2, 0.25) is 0 Å². The van der Waals surface area contributed by atoms with Gasteiger partial charge in [0.1, 0.15) is 0 Å². The van der Waals surface area contributed by atoms with Crippen LogP contribution in [0.25, 0.3) is 0 Å². The first-order valence-electron chi connectivity index (χ1n) is 7.38. The number of carbonyl (C=O) groups excluding carboxylic acids is 2. The molecule has 1 aromatic rings. The minimum Gasteiger partial charge on any atom is -0.463 e. The number of carbonyl (C=O) groups is 2. The molecule has 1 aromatic carbocycles. The van der Waals surface area contributed by atoms with Gasteiger partial charge in [-0.1, -0.05) is 30.3 Å². The Morgan fingerprint density at radius 1 is 1.09 bits per heavy atom. The number of nitrogens with one attached hydrogen (secondary N) is 1. The lowest BCUT2D eigenvalue weighted by Gasteiger charge is -2.30. The van der Waals surface area contributed by atoms with Gasteiger partial charge in [-0.2, -0.15) is 0 Å².